The summed E-state index contributed by atoms with van der Waals surface area (Å²) in [4.78, 5) is 71.8. The van der Waals surface area contributed by atoms with Crippen LogP contribution in [0.4, 0.5) is 11.4 Å². The minimum absolute atomic E-state index is 0.0687. The van der Waals surface area contributed by atoms with Gasteiger partial charge in [0.05, 0.1) is 39.1 Å². The van der Waals surface area contributed by atoms with E-state index >= 15 is 0 Å². The summed E-state index contributed by atoms with van der Waals surface area (Å²) in [5.41, 5.74) is 1.74. The molecule has 6 N–H and O–H groups in total. The normalized spacial score (nSPS) is 13.5. The van der Waals surface area contributed by atoms with Gasteiger partial charge in [0.1, 0.15) is 12.1 Å². The van der Waals surface area contributed by atoms with E-state index in [2.05, 4.69) is 62.8 Å². The Bertz CT molecular complexity index is 1450. The van der Waals surface area contributed by atoms with Gasteiger partial charge in [-0.25, -0.2) is 9.59 Å². The second-order valence-electron chi connectivity index (χ2n) is 15.4. The minimum atomic E-state index is -1.05. The van der Waals surface area contributed by atoms with Crippen LogP contribution in [0.25, 0.3) is 0 Å². The van der Waals surface area contributed by atoms with Gasteiger partial charge in [0, 0.05) is 22.5 Å². The molecule has 2 rings (SSSR count). The summed E-state index contributed by atoms with van der Waals surface area (Å²) < 4.78 is 9.39. The number of aliphatic carboxylic acids is 2. The van der Waals surface area contributed by atoms with Gasteiger partial charge >= 0.3 is 23.9 Å². The third-order valence-corrected chi connectivity index (χ3v) is 8.16. The van der Waals surface area contributed by atoms with Crippen LogP contribution < -0.4 is 21.3 Å². The maximum Gasteiger partial charge on any atom is 0.327 e. The van der Waals surface area contributed by atoms with Crippen molar-refractivity contribution in [2.24, 2.45) is 10.8 Å². The first-order valence-corrected chi connectivity index (χ1v) is 18.0. The number of para-hydroxylation sites is 2. The summed E-state index contributed by atoms with van der Waals surface area (Å²) >= 11 is 0. The van der Waals surface area contributed by atoms with E-state index in [1.807, 2.05) is 0 Å². The average Bonchev–Trinajstić information content (AvgIpc) is 3.08. The molecule has 0 bridgehead atoms. The summed E-state index contributed by atoms with van der Waals surface area (Å²) in [6, 6.07) is 10.5. The van der Waals surface area contributed by atoms with Gasteiger partial charge in [0.15, 0.2) is 11.6 Å². The molecular formula is C40H60N4O10. The van der Waals surface area contributed by atoms with Gasteiger partial charge in [-0.3, -0.25) is 19.2 Å². The number of ether oxygens (including phenoxy) is 2. The zero-order valence-corrected chi connectivity index (χ0v) is 33.3. The number of carboxylic acid groups (broad SMARTS) is 2. The summed E-state index contributed by atoms with van der Waals surface area (Å²) in [5, 5.41) is 30.4. The topological polar surface area (TPSA) is 209 Å². The molecule has 2 aromatic rings. The molecule has 0 aliphatic rings. The van der Waals surface area contributed by atoms with Crippen molar-refractivity contribution in [3.8, 4) is 0 Å². The zero-order valence-electron chi connectivity index (χ0n) is 33.3. The number of carboxylic acids is 2. The van der Waals surface area contributed by atoms with Crippen LogP contribution in [-0.4, -0.2) is 97.1 Å². The highest BCUT2D eigenvalue weighted by molar-refractivity contribution is 6.07. The number of carbonyl (C=O) groups is 6. The Balaban J connectivity index is 0.000000540. The highest BCUT2D eigenvalue weighted by atomic mass is 16.5. The van der Waals surface area contributed by atoms with Crippen molar-refractivity contribution in [3.63, 3.8) is 0 Å². The van der Waals surface area contributed by atoms with Gasteiger partial charge < -0.3 is 41.0 Å². The van der Waals surface area contributed by atoms with E-state index in [4.69, 9.17) is 9.47 Å². The van der Waals surface area contributed by atoms with Crippen LogP contribution in [0.2, 0.25) is 0 Å². The van der Waals surface area contributed by atoms with Crippen molar-refractivity contribution < 1.29 is 48.5 Å². The Kier molecular flexibility index (Phi) is 19.6. The summed E-state index contributed by atoms with van der Waals surface area (Å²) in [5.74, 6) is -3.67. The molecule has 2 unspecified atom stereocenters. The van der Waals surface area contributed by atoms with Gasteiger partial charge in [0.25, 0.3) is 0 Å². The lowest BCUT2D eigenvalue weighted by atomic mass is 9.92. The van der Waals surface area contributed by atoms with Crippen molar-refractivity contribution >= 4 is 46.8 Å². The molecule has 0 amide bonds. The van der Waals surface area contributed by atoms with Gasteiger partial charge in [-0.05, 0) is 74.9 Å². The lowest BCUT2D eigenvalue weighted by Gasteiger charge is -2.22. The molecule has 0 heterocycles. The smallest absolute Gasteiger partial charge is 0.327 e. The van der Waals surface area contributed by atoms with Crippen molar-refractivity contribution in [2.75, 3.05) is 37.9 Å². The maximum atomic E-state index is 13.0. The highest BCUT2D eigenvalue weighted by Gasteiger charge is 2.28. The number of benzene rings is 2. The first kappa shape index (κ1) is 47.2. The van der Waals surface area contributed by atoms with E-state index in [9.17, 15) is 39.0 Å². The maximum absolute atomic E-state index is 13.0. The lowest BCUT2D eigenvalue weighted by molar-refractivity contribution is -0.141. The number of methoxy groups -OCH3 is 2. The number of hydrogen-bond acceptors (Lipinski definition) is 12. The van der Waals surface area contributed by atoms with E-state index in [1.54, 1.807) is 62.4 Å². The van der Waals surface area contributed by atoms with Crippen LogP contribution in [0, 0.1) is 10.8 Å². The van der Waals surface area contributed by atoms with E-state index in [1.165, 1.54) is 14.2 Å². The molecule has 0 radical (unpaired) electrons. The lowest BCUT2D eigenvalue weighted by Crippen LogP contribution is -2.40. The predicted molar refractivity (Wildman–Crippen MR) is 208 cm³/mol. The molecule has 300 valence electrons. The molecular weight excluding hydrogens is 696 g/mol. The van der Waals surface area contributed by atoms with Crippen molar-refractivity contribution in [3.05, 3.63) is 59.7 Å². The van der Waals surface area contributed by atoms with Crippen LogP contribution in [0.5, 0.6) is 0 Å². The van der Waals surface area contributed by atoms with E-state index < -0.39 is 48.0 Å². The first-order chi connectivity index (χ1) is 25.1. The molecule has 4 atom stereocenters. The Labute approximate surface area is 319 Å². The van der Waals surface area contributed by atoms with Crippen LogP contribution in [0.3, 0.4) is 0 Å². The van der Waals surface area contributed by atoms with Crippen LogP contribution in [0.15, 0.2) is 48.5 Å². The first-order valence-electron chi connectivity index (χ1n) is 18.0. The van der Waals surface area contributed by atoms with E-state index in [0.717, 1.165) is 12.8 Å². The Hall–Kier alpha value is -4.82. The molecule has 54 heavy (non-hydrogen) atoms. The molecule has 14 heteroatoms. The fourth-order valence-electron chi connectivity index (χ4n) is 5.07. The van der Waals surface area contributed by atoms with Gasteiger partial charge in [-0.2, -0.15) is 0 Å². The second kappa shape index (κ2) is 22.4. The largest absolute Gasteiger partial charge is 0.481 e. The monoisotopic (exact) mass is 756 g/mol. The predicted octanol–water partition coefficient (Wildman–Crippen LogP) is 5.42. The minimum Gasteiger partial charge on any atom is -0.481 e. The standard InChI is InChI=1S/2C20H30N2O5/c2*1-13(19(26)27-5)22-15-9-7-6-8-14(15)18(25)16(12-17(23)24)21-11-10-20(2,3)4/h2*6-9,13,16,21-22H,10-12H2,1-5H3,(H,23,24)/t2*13?,16-/m00/s1. The van der Waals surface area contributed by atoms with Crippen LogP contribution in [-0.2, 0) is 28.7 Å². The third-order valence-electron chi connectivity index (χ3n) is 8.16. The SMILES string of the molecule is COC(=O)C(C)Nc1ccccc1C(=O)[C@H](CC(=O)O)NCCC(C)(C)C.COC(=O)C(C)Nc1ccccc1C(=O)[C@H](CC(=O)O)NCCC(C)(C)C. The third kappa shape index (κ3) is 17.8. The summed E-state index contributed by atoms with van der Waals surface area (Å²) in [6.45, 7) is 16.8. The number of hydrogen-bond donors (Lipinski definition) is 6. The molecule has 0 saturated heterocycles. The Morgan fingerprint density at radius 2 is 0.907 bits per heavy atom. The van der Waals surface area contributed by atoms with Gasteiger partial charge in [-0.15, -0.1) is 0 Å². The summed E-state index contributed by atoms with van der Waals surface area (Å²) in [7, 11) is 2.58. The van der Waals surface area contributed by atoms with Crippen molar-refractivity contribution in [2.45, 2.75) is 105 Å². The number of esters is 2. The fourth-order valence-corrected chi connectivity index (χ4v) is 5.07. The Morgan fingerprint density at radius 3 is 1.19 bits per heavy atom. The number of nitrogens with one attached hydrogen (secondary N) is 4. The molecule has 0 fully saturated rings. The average molecular weight is 757 g/mol. The van der Waals surface area contributed by atoms with E-state index in [0.29, 0.717) is 35.6 Å². The highest BCUT2D eigenvalue weighted by Crippen LogP contribution is 2.23. The molecule has 2 aromatic carbocycles. The van der Waals surface area contributed by atoms with Crippen LogP contribution >= 0.6 is 0 Å². The van der Waals surface area contributed by atoms with Gasteiger partial charge in [0.2, 0.25) is 0 Å². The van der Waals surface area contributed by atoms with Crippen LogP contribution in [0.1, 0.15) is 102 Å². The molecule has 0 aliphatic carbocycles. The number of Topliss-reactive ketones (excluding diaryl/α,β-unsaturated/α-hetero) is 2. The molecule has 0 saturated carbocycles. The van der Waals surface area contributed by atoms with Gasteiger partial charge in [-0.1, -0.05) is 65.8 Å². The molecule has 14 nitrogen and oxygen atoms in total. The van der Waals surface area contributed by atoms with Crippen molar-refractivity contribution in [1.29, 1.82) is 0 Å². The molecule has 0 spiro atoms. The second-order valence-corrected chi connectivity index (χ2v) is 15.4. The molecule has 0 aliphatic heterocycles. The summed E-state index contributed by atoms with van der Waals surface area (Å²) in [6.07, 6.45) is 0.971. The fraction of sp³-hybridized carbons (Fsp3) is 0.550. The number of carbonyl (C=O) groups excluding carboxylic acids is 4. The quantitative estimate of drug-likeness (QED) is 0.0736. The number of anilines is 2. The zero-order chi connectivity index (χ0) is 41.2. The van der Waals surface area contributed by atoms with Crippen molar-refractivity contribution in [1.82, 2.24) is 10.6 Å². The Morgan fingerprint density at radius 1 is 0.593 bits per heavy atom. The number of ketones is 2. The number of rotatable bonds is 20. The van der Waals surface area contributed by atoms with E-state index in [-0.39, 0.29) is 35.2 Å². The molecule has 0 aromatic heterocycles.